The minimum absolute atomic E-state index is 0.0361. The van der Waals surface area contributed by atoms with Gasteiger partial charge >= 0.3 is 6.18 Å². The molecule has 0 aliphatic heterocycles. The summed E-state index contributed by atoms with van der Waals surface area (Å²) in [5.74, 6) is -1.05. The monoisotopic (exact) mass is 439 g/mol. The second-order valence-electron chi connectivity index (χ2n) is 6.11. The molecule has 5 nitrogen and oxygen atoms in total. The Hall–Kier alpha value is -2.59. The standard InChI is InChI=1S/C19H16F3N3O2S2/c1-11-6-7-12(17(27)23-10-19(20,21)22)8-14(11)24-16(26)9-28-18-25-13-4-2-3-5-15(13)29-18/h2-8H,9-10H2,1H3,(H,23,27)(H,24,26). The molecule has 0 bridgehead atoms. The van der Waals surface area contributed by atoms with E-state index in [-0.39, 0.29) is 17.2 Å². The first-order chi connectivity index (χ1) is 13.7. The molecule has 2 aromatic carbocycles. The quantitative estimate of drug-likeness (QED) is 0.550. The number of aromatic nitrogens is 1. The van der Waals surface area contributed by atoms with Gasteiger partial charge in [0.1, 0.15) is 6.54 Å². The number of rotatable bonds is 6. The lowest BCUT2D eigenvalue weighted by molar-refractivity contribution is -0.123. The third-order valence-corrected chi connectivity index (χ3v) is 6.00. The number of carbonyl (C=O) groups excluding carboxylic acids is 2. The molecular weight excluding hydrogens is 423 g/mol. The maximum Gasteiger partial charge on any atom is 0.405 e. The van der Waals surface area contributed by atoms with E-state index >= 15 is 0 Å². The average Bonchev–Trinajstić information content (AvgIpc) is 3.08. The number of nitrogens with zero attached hydrogens (tertiary/aromatic N) is 1. The number of benzene rings is 2. The summed E-state index contributed by atoms with van der Waals surface area (Å²) in [5, 5.41) is 4.51. The highest BCUT2D eigenvalue weighted by Gasteiger charge is 2.28. The van der Waals surface area contributed by atoms with Crippen LogP contribution in [0.25, 0.3) is 10.2 Å². The van der Waals surface area contributed by atoms with Crippen molar-refractivity contribution in [2.75, 3.05) is 17.6 Å². The molecular formula is C19H16F3N3O2S2. The molecule has 0 aliphatic rings. The van der Waals surface area contributed by atoms with Gasteiger partial charge in [0.15, 0.2) is 4.34 Å². The van der Waals surface area contributed by atoms with Gasteiger partial charge in [0, 0.05) is 11.3 Å². The summed E-state index contributed by atoms with van der Waals surface area (Å²) < 4.78 is 38.6. The van der Waals surface area contributed by atoms with Crippen LogP contribution < -0.4 is 10.6 Å². The molecule has 0 saturated heterocycles. The normalized spacial score (nSPS) is 11.4. The van der Waals surface area contributed by atoms with E-state index in [4.69, 9.17) is 0 Å². The van der Waals surface area contributed by atoms with Gasteiger partial charge < -0.3 is 10.6 Å². The van der Waals surface area contributed by atoms with Crippen molar-refractivity contribution < 1.29 is 22.8 Å². The minimum atomic E-state index is -4.49. The van der Waals surface area contributed by atoms with Crippen molar-refractivity contribution in [1.29, 1.82) is 0 Å². The number of para-hydroxylation sites is 1. The lowest BCUT2D eigenvalue weighted by atomic mass is 10.1. The molecule has 0 saturated carbocycles. The summed E-state index contributed by atoms with van der Waals surface area (Å²) in [4.78, 5) is 28.6. The number of carbonyl (C=O) groups is 2. The summed E-state index contributed by atoms with van der Waals surface area (Å²) in [7, 11) is 0. The number of hydrogen-bond donors (Lipinski definition) is 2. The van der Waals surface area contributed by atoms with Crippen molar-refractivity contribution in [2.24, 2.45) is 0 Å². The fourth-order valence-electron chi connectivity index (χ4n) is 2.41. The lowest BCUT2D eigenvalue weighted by Crippen LogP contribution is -2.33. The van der Waals surface area contributed by atoms with Crippen LogP contribution in [0.2, 0.25) is 0 Å². The molecule has 2 amide bonds. The maximum absolute atomic E-state index is 12.3. The number of amides is 2. The molecule has 0 radical (unpaired) electrons. The zero-order valence-corrected chi connectivity index (χ0v) is 16.8. The van der Waals surface area contributed by atoms with Crippen molar-refractivity contribution in [2.45, 2.75) is 17.4 Å². The number of nitrogens with one attached hydrogen (secondary N) is 2. The summed E-state index contributed by atoms with van der Waals surface area (Å²) in [5.41, 5.74) is 1.97. The number of alkyl halides is 3. The molecule has 0 aliphatic carbocycles. The summed E-state index contributed by atoms with van der Waals surface area (Å²) >= 11 is 2.78. The van der Waals surface area contributed by atoms with Crippen LogP contribution >= 0.6 is 23.1 Å². The predicted molar refractivity (Wildman–Crippen MR) is 109 cm³/mol. The highest BCUT2D eigenvalue weighted by atomic mass is 32.2. The Morgan fingerprint density at radius 2 is 1.93 bits per heavy atom. The molecule has 1 aromatic heterocycles. The molecule has 2 N–H and O–H groups in total. The predicted octanol–water partition coefficient (Wildman–Crippen LogP) is 4.63. The summed E-state index contributed by atoms with van der Waals surface area (Å²) in [6.45, 7) is 0.313. The fraction of sp³-hybridized carbons (Fsp3) is 0.211. The Labute approximate surface area is 172 Å². The highest BCUT2D eigenvalue weighted by Crippen LogP contribution is 2.29. The van der Waals surface area contributed by atoms with Crippen molar-refractivity contribution in [3.63, 3.8) is 0 Å². The van der Waals surface area contributed by atoms with E-state index < -0.39 is 18.6 Å². The number of thiazole rings is 1. The van der Waals surface area contributed by atoms with Gasteiger partial charge in [-0.05, 0) is 36.8 Å². The molecule has 0 fully saturated rings. The summed E-state index contributed by atoms with van der Waals surface area (Å²) in [6, 6.07) is 12.0. The maximum atomic E-state index is 12.3. The van der Waals surface area contributed by atoms with Crippen LogP contribution in [0.3, 0.4) is 0 Å². The number of fused-ring (bicyclic) bond motifs is 1. The highest BCUT2D eigenvalue weighted by molar-refractivity contribution is 8.01. The summed E-state index contributed by atoms with van der Waals surface area (Å²) in [6.07, 6.45) is -4.49. The largest absolute Gasteiger partial charge is 0.405 e. The van der Waals surface area contributed by atoms with Crippen LogP contribution in [0.5, 0.6) is 0 Å². The Bertz CT molecular complexity index is 1020. The van der Waals surface area contributed by atoms with E-state index in [2.05, 4.69) is 10.3 Å². The molecule has 29 heavy (non-hydrogen) atoms. The van der Waals surface area contributed by atoms with Crippen molar-refractivity contribution in [1.82, 2.24) is 10.3 Å². The van der Waals surface area contributed by atoms with E-state index in [1.807, 2.05) is 29.6 Å². The Morgan fingerprint density at radius 1 is 1.17 bits per heavy atom. The first kappa shape index (κ1) is 21.1. The number of halogens is 3. The van der Waals surface area contributed by atoms with E-state index in [9.17, 15) is 22.8 Å². The smallest absolute Gasteiger partial charge is 0.343 e. The molecule has 0 unspecified atom stereocenters. The van der Waals surface area contributed by atoms with E-state index in [1.165, 1.54) is 35.2 Å². The third-order valence-electron chi connectivity index (χ3n) is 3.82. The van der Waals surface area contributed by atoms with Gasteiger partial charge in [-0.1, -0.05) is 30.0 Å². The van der Waals surface area contributed by atoms with Gasteiger partial charge in [-0.25, -0.2) is 4.98 Å². The minimum Gasteiger partial charge on any atom is -0.343 e. The van der Waals surface area contributed by atoms with E-state index in [0.29, 0.717) is 11.3 Å². The third kappa shape index (κ3) is 5.94. The second kappa shape index (κ2) is 8.83. The molecule has 3 rings (SSSR count). The second-order valence-corrected chi connectivity index (χ2v) is 8.37. The molecule has 1 heterocycles. The van der Waals surface area contributed by atoms with Gasteiger partial charge in [-0.2, -0.15) is 13.2 Å². The van der Waals surface area contributed by atoms with Crippen LogP contribution in [0.1, 0.15) is 15.9 Å². The van der Waals surface area contributed by atoms with Crippen molar-refractivity contribution >= 4 is 50.8 Å². The van der Waals surface area contributed by atoms with Crippen LogP contribution in [0, 0.1) is 6.92 Å². The van der Waals surface area contributed by atoms with Gasteiger partial charge in [-0.3, -0.25) is 9.59 Å². The van der Waals surface area contributed by atoms with Crippen LogP contribution in [0.4, 0.5) is 18.9 Å². The molecule has 3 aromatic rings. The van der Waals surface area contributed by atoms with E-state index in [1.54, 1.807) is 13.0 Å². The van der Waals surface area contributed by atoms with Crippen molar-refractivity contribution in [3.05, 3.63) is 53.6 Å². The van der Waals surface area contributed by atoms with Gasteiger partial charge in [-0.15, -0.1) is 11.3 Å². The number of aryl methyl sites for hydroxylation is 1. The zero-order valence-electron chi connectivity index (χ0n) is 15.2. The van der Waals surface area contributed by atoms with Gasteiger partial charge in [0.2, 0.25) is 5.91 Å². The van der Waals surface area contributed by atoms with Gasteiger partial charge in [0.25, 0.3) is 5.91 Å². The average molecular weight is 439 g/mol. The fourth-order valence-corrected chi connectivity index (χ4v) is 4.28. The van der Waals surface area contributed by atoms with Gasteiger partial charge in [0.05, 0.1) is 16.0 Å². The molecule has 10 heteroatoms. The first-order valence-corrected chi connectivity index (χ1v) is 10.3. The number of hydrogen-bond acceptors (Lipinski definition) is 5. The first-order valence-electron chi connectivity index (χ1n) is 8.45. The Balaban J connectivity index is 1.61. The van der Waals surface area contributed by atoms with Crippen molar-refractivity contribution in [3.8, 4) is 0 Å². The van der Waals surface area contributed by atoms with Crippen LogP contribution in [-0.4, -0.2) is 35.3 Å². The van der Waals surface area contributed by atoms with E-state index in [0.717, 1.165) is 14.6 Å². The Morgan fingerprint density at radius 3 is 2.66 bits per heavy atom. The number of thioether (sulfide) groups is 1. The molecule has 0 atom stereocenters. The molecule has 0 spiro atoms. The zero-order chi connectivity index (χ0) is 21.0. The Kier molecular flexibility index (Phi) is 6.43. The SMILES string of the molecule is Cc1ccc(C(=O)NCC(F)(F)F)cc1NC(=O)CSc1nc2ccccc2s1. The van der Waals surface area contributed by atoms with Crippen LogP contribution in [-0.2, 0) is 4.79 Å². The number of anilines is 1. The topological polar surface area (TPSA) is 71.1 Å². The lowest BCUT2D eigenvalue weighted by Gasteiger charge is -2.12. The molecule has 152 valence electrons. The van der Waals surface area contributed by atoms with Crippen LogP contribution in [0.15, 0.2) is 46.8 Å².